The summed E-state index contributed by atoms with van der Waals surface area (Å²) < 4.78 is 0. The maximum absolute atomic E-state index is 2.77. The molecule has 4 fully saturated rings. The third-order valence-electron chi connectivity index (χ3n) is 11.3. The molecule has 0 aliphatic heterocycles. The van der Waals surface area contributed by atoms with Crippen LogP contribution in [0.25, 0.3) is 0 Å². The summed E-state index contributed by atoms with van der Waals surface area (Å²) in [5, 5.41) is 0. The number of hydrogen-bond acceptors (Lipinski definition) is 0. The Morgan fingerprint density at radius 3 is 0.765 bits per heavy atom. The van der Waals surface area contributed by atoms with Crippen molar-refractivity contribution in [2.75, 3.05) is 0 Å². The van der Waals surface area contributed by atoms with E-state index in [1.54, 1.807) is 51.4 Å². The second kappa shape index (κ2) is 14.1. The molecule has 4 atom stereocenters. The van der Waals surface area contributed by atoms with Crippen molar-refractivity contribution < 1.29 is 0 Å². The lowest BCUT2D eigenvalue weighted by Crippen LogP contribution is -2.36. The van der Waals surface area contributed by atoms with Crippen molar-refractivity contribution in [3.05, 3.63) is 0 Å². The first-order chi connectivity index (χ1) is 16.6. The molecule has 4 saturated carbocycles. The van der Waals surface area contributed by atoms with E-state index in [2.05, 4.69) is 27.7 Å². The molecule has 0 unspecified atom stereocenters. The van der Waals surface area contributed by atoms with Gasteiger partial charge in [0.25, 0.3) is 0 Å². The lowest BCUT2D eigenvalue weighted by Gasteiger charge is -2.48. The van der Waals surface area contributed by atoms with Gasteiger partial charge in [0.2, 0.25) is 0 Å². The molecule has 0 N–H and O–H groups in total. The monoisotopic (exact) mass is 506 g/mol. The molecule has 0 amide bonds. The summed E-state index contributed by atoms with van der Waals surface area (Å²) in [6.07, 6.45) is 31.1. The van der Waals surface area contributed by atoms with Crippen LogP contribution in [0.15, 0.2) is 0 Å². The van der Waals surface area contributed by atoms with Gasteiger partial charge in [0.1, 0.15) is 0 Å². The van der Waals surface area contributed by atoms with Crippen molar-refractivity contribution in [1.82, 2.24) is 0 Å². The fraction of sp³-hybridized carbons (Fsp3) is 1.00. The highest BCUT2D eigenvalue weighted by Gasteiger charge is 2.42. The van der Waals surface area contributed by atoms with E-state index < -0.39 is 0 Å². The largest absolute Gasteiger partial charge is 0.0971 e. The second-order valence-corrected chi connectivity index (χ2v) is 19.6. The number of hydrogen-bond donors (Lipinski definition) is 0. The average Bonchev–Trinajstić information content (AvgIpc) is 2.90. The molecule has 0 nitrogen and oxygen atoms in total. The molecule has 4 aliphatic rings. The van der Waals surface area contributed by atoms with Crippen LogP contribution in [0.3, 0.4) is 0 Å². The summed E-state index contributed by atoms with van der Waals surface area (Å²) >= 11 is 0. The predicted octanol–water partition coefficient (Wildman–Crippen LogP) is 11.3. The summed E-state index contributed by atoms with van der Waals surface area (Å²) in [5.41, 5.74) is 6.45. The minimum absolute atomic E-state index is 0.204. The zero-order valence-corrected chi connectivity index (χ0v) is 25.4. The van der Waals surface area contributed by atoms with E-state index in [-0.39, 0.29) is 15.8 Å². The van der Waals surface area contributed by atoms with E-state index in [1.807, 2.05) is 0 Å². The Bertz CT molecular complexity index is 465. The molecular formula is C32H60P2. The van der Waals surface area contributed by atoms with Gasteiger partial charge in [0.15, 0.2) is 0 Å². The smallest absolute Gasteiger partial charge is 0.0204 e. The number of rotatable bonds is 9. The van der Waals surface area contributed by atoms with Gasteiger partial charge >= 0.3 is 0 Å². The Hall–Kier alpha value is 0.860. The van der Waals surface area contributed by atoms with Gasteiger partial charge in [-0.25, -0.2) is 0 Å². The Morgan fingerprint density at radius 1 is 0.353 bits per heavy atom. The van der Waals surface area contributed by atoms with Crippen molar-refractivity contribution >= 4 is 15.8 Å². The maximum Gasteiger partial charge on any atom is -0.0204 e. The summed E-state index contributed by atoms with van der Waals surface area (Å²) in [6, 6.07) is 0. The molecule has 0 saturated heterocycles. The van der Waals surface area contributed by atoms with Gasteiger partial charge in [-0.15, -0.1) is 0 Å². The van der Waals surface area contributed by atoms with E-state index in [4.69, 9.17) is 0 Å². The molecule has 0 aromatic rings. The molecule has 0 spiro atoms. The fourth-order valence-corrected chi connectivity index (χ4v) is 18.2. The molecule has 0 aromatic carbocycles. The topological polar surface area (TPSA) is 0 Å². The van der Waals surface area contributed by atoms with Gasteiger partial charge in [-0.3, -0.25) is 0 Å². The predicted molar refractivity (Wildman–Crippen MR) is 159 cm³/mol. The fourth-order valence-electron chi connectivity index (χ4n) is 8.86. The van der Waals surface area contributed by atoms with Crippen LogP contribution in [-0.2, 0) is 0 Å². The van der Waals surface area contributed by atoms with Crippen LogP contribution in [-0.4, -0.2) is 34.0 Å². The van der Waals surface area contributed by atoms with Gasteiger partial charge in [-0.2, -0.15) is 0 Å². The molecule has 0 heterocycles. The minimum atomic E-state index is 0.204. The summed E-state index contributed by atoms with van der Waals surface area (Å²) in [5.74, 6) is 1.87. The highest BCUT2D eigenvalue weighted by atomic mass is 31.1. The molecular weight excluding hydrogens is 446 g/mol. The standard InChI is InChI=1S/C32H60P2/c1-25(27(3)33(29-17-9-5-10-18-29)30-19-11-6-12-20-30)26(2)28(4)34(31-21-13-7-14-22-31)32-23-15-8-16-24-32/h25-32H,5-24H2,1-4H3/t25-,26-,27+,28+/m0/s1. The maximum atomic E-state index is 2.77. The Morgan fingerprint density at radius 2 is 0.559 bits per heavy atom. The van der Waals surface area contributed by atoms with E-state index >= 15 is 0 Å². The van der Waals surface area contributed by atoms with Crippen LogP contribution < -0.4 is 0 Å². The van der Waals surface area contributed by atoms with Crippen LogP contribution in [0.5, 0.6) is 0 Å². The Kier molecular flexibility index (Phi) is 11.6. The zero-order valence-electron chi connectivity index (χ0n) is 23.7. The third-order valence-corrected chi connectivity index (χ3v) is 19.5. The first-order valence-electron chi connectivity index (χ1n) is 16.1. The highest BCUT2D eigenvalue weighted by molar-refractivity contribution is 7.60. The molecule has 0 aromatic heterocycles. The zero-order chi connectivity index (χ0) is 23.9. The van der Waals surface area contributed by atoms with Crippen molar-refractivity contribution in [3.63, 3.8) is 0 Å². The average molecular weight is 507 g/mol. The molecule has 2 heteroatoms. The van der Waals surface area contributed by atoms with Gasteiger partial charge in [0.05, 0.1) is 0 Å². The van der Waals surface area contributed by atoms with Crippen molar-refractivity contribution in [2.24, 2.45) is 11.8 Å². The van der Waals surface area contributed by atoms with Gasteiger partial charge in [-0.1, -0.05) is 121 Å². The molecule has 34 heavy (non-hydrogen) atoms. The Balaban J connectivity index is 1.49. The molecule has 4 rings (SSSR count). The third kappa shape index (κ3) is 7.03. The van der Waals surface area contributed by atoms with E-state index in [0.29, 0.717) is 0 Å². The second-order valence-electron chi connectivity index (χ2n) is 13.3. The summed E-state index contributed by atoms with van der Waals surface area (Å²) in [7, 11) is 0.408. The summed E-state index contributed by atoms with van der Waals surface area (Å²) in [6.45, 7) is 11.0. The lowest BCUT2D eigenvalue weighted by molar-refractivity contribution is 0.365. The van der Waals surface area contributed by atoms with Crippen LogP contribution in [0.1, 0.15) is 156 Å². The van der Waals surface area contributed by atoms with Gasteiger partial charge in [-0.05, 0) is 97.2 Å². The van der Waals surface area contributed by atoms with Crippen LogP contribution >= 0.6 is 15.8 Å². The normalized spacial score (nSPS) is 28.8. The SMILES string of the molecule is C[C@@H]([C@H](C)[C@@H](C)P(C1CCCCC1)C1CCCCC1)[C@@H](C)P(C1CCCCC1)C1CCCCC1. The highest BCUT2D eigenvalue weighted by Crippen LogP contribution is 2.64. The molecule has 0 radical (unpaired) electrons. The summed E-state index contributed by atoms with van der Waals surface area (Å²) in [4.78, 5) is 0. The lowest BCUT2D eigenvalue weighted by atomic mass is 9.90. The van der Waals surface area contributed by atoms with Crippen LogP contribution in [0.4, 0.5) is 0 Å². The minimum Gasteiger partial charge on any atom is -0.0971 e. The first kappa shape index (κ1) is 27.9. The van der Waals surface area contributed by atoms with E-state index in [0.717, 1.165) is 45.8 Å². The van der Waals surface area contributed by atoms with Crippen molar-refractivity contribution in [3.8, 4) is 0 Å². The van der Waals surface area contributed by atoms with Crippen molar-refractivity contribution in [2.45, 2.75) is 190 Å². The van der Waals surface area contributed by atoms with Crippen molar-refractivity contribution in [1.29, 1.82) is 0 Å². The van der Waals surface area contributed by atoms with E-state index in [9.17, 15) is 0 Å². The Labute approximate surface area is 217 Å². The van der Waals surface area contributed by atoms with Crippen LogP contribution in [0, 0.1) is 11.8 Å². The quantitative estimate of drug-likeness (QED) is 0.273. The van der Waals surface area contributed by atoms with Crippen LogP contribution in [0.2, 0.25) is 0 Å². The molecule has 4 aliphatic carbocycles. The van der Waals surface area contributed by atoms with Gasteiger partial charge < -0.3 is 0 Å². The molecule has 198 valence electrons. The first-order valence-corrected chi connectivity index (χ1v) is 19.2. The van der Waals surface area contributed by atoms with E-state index in [1.165, 1.54) is 77.0 Å². The molecule has 0 bridgehead atoms. The van der Waals surface area contributed by atoms with Gasteiger partial charge in [0, 0.05) is 0 Å².